The van der Waals surface area contributed by atoms with Gasteiger partial charge in [-0.25, -0.2) is 0 Å². The number of hydrogen-bond acceptors (Lipinski definition) is 6. The van der Waals surface area contributed by atoms with Crippen molar-refractivity contribution in [3.63, 3.8) is 0 Å². The maximum Gasteiger partial charge on any atom is 0.290 e. The first-order chi connectivity index (χ1) is 17.0. The van der Waals surface area contributed by atoms with Crippen molar-refractivity contribution >= 4 is 29.2 Å². The fourth-order valence-electron chi connectivity index (χ4n) is 4.14. The van der Waals surface area contributed by atoms with Crippen molar-refractivity contribution in [3.8, 4) is 11.3 Å². The second-order valence-electron chi connectivity index (χ2n) is 8.65. The van der Waals surface area contributed by atoms with Crippen molar-refractivity contribution in [1.82, 2.24) is 20.0 Å². The lowest BCUT2D eigenvalue weighted by atomic mass is 10.1. The number of anilines is 1. The van der Waals surface area contributed by atoms with E-state index in [1.807, 2.05) is 55.1 Å². The molecule has 2 amide bonds. The van der Waals surface area contributed by atoms with Crippen molar-refractivity contribution < 1.29 is 14.0 Å². The molecule has 3 heterocycles. The summed E-state index contributed by atoms with van der Waals surface area (Å²) in [6.45, 7) is 6.56. The molecule has 1 fully saturated rings. The predicted octanol–water partition coefficient (Wildman–Crippen LogP) is 4.37. The molecule has 4 rings (SSSR count). The molecule has 0 saturated carbocycles. The monoisotopic (exact) mass is 495 g/mol. The first-order valence-corrected chi connectivity index (χ1v) is 12.3. The normalized spacial score (nSPS) is 14.9. The summed E-state index contributed by atoms with van der Waals surface area (Å²) in [5.74, 6) is 0.693. The maximum atomic E-state index is 13.2. The van der Waals surface area contributed by atoms with Crippen molar-refractivity contribution in [2.75, 3.05) is 37.6 Å². The van der Waals surface area contributed by atoms with Crippen molar-refractivity contribution in [3.05, 3.63) is 65.6 Å². The Balaban J connectivity index is 1.39. The molecule has 1 aliphatic rings. The average Bonchev–Trinajstić information content (AvgIpc) is 3.31. The number of aromatic nitrogens is 2. The van der Waals surface area contributed by atoms with Gasteiger partial charge in [-0.1, -0.05) is 36.7 Å². The Morgan fingerprint density at radius 3 is 2.57 bits per heavy atom. The van der Waals surface area contributed by atoms with Crippen LogP contribution in [-0.2, 0) is 4.79 Å². The first-order valence-electron chi connectivity index (χ1n) is 11.9. The molecule has 8 nitrogen and oxygen atoms in total. The van der Waals surface area contributed by atoms with E-state index in [1.165, 1.54) is 6.26 Å². The van der Waals surface area contributed by atoms with E-state index in [0.29, 0.717) is 24.7 Å². The van der Waals surface area contributed by atoms with Gasteiger partial charge >= 0.3 is 0 Å². The second-order valence-corrected chi connectivity index (χ2v) is 9.05. The van der Waals surface area contributed by atoms with Crippen molar-refractivity contribution in [1.29, 1.82) is 0 Å². The van der Waals surface area contributed by atoms with Crippen molar-refractivity contribution in [2.45, 2.75) is 32.7 Å². The van der Waals surface area contributed by atoms with E-state index in [9.17, 15) is 9.59 Å². The van der Waals surface area contributed by atoms with Gasteiger partial charge in [0.1, 0.15) is 6.54 Å². The summed E-state index contributed by atoms with van der Waals surface area (Å²) in [5.41, 5.74) is 1.56. The van der Waals surface area contributed by atoms with Gasteiger partial charge in [-0.2, -0.15) is 0 Å². The van der Waals surface area contributed by atoms with Crippen LogP contribution in [0.15, 0.2) is 59.2 Å². The van der Waals surface area contributed by atoms with E-state index in [4.69, 9.17) is 16.0 Å². The van der Waals surface area contributed by atoms with E-state index in [0.717, 1.165) is 36.5 Å². The van der Waals surface area contributed by atoms with Gasteiger partial charge in [-0.3, -0.25) is 9.59 Å². The highest BCUT2D eigenvalue weighted by atomic mass is 35.5. The smallest absolute Gasteiger partial charge is 0.290 e. The molecule has 1 aromatic carbocycles. The zero-order valence-corrected chi connectivity index (χ0v) is 20.8. The van der Waals surface area contributed by atoms with Crippen LogP contribution in [-0.4, -0.2) is 70.6 Å². The summed E-state index contributed by atoms with van der Waals surface area (Å²) in [5, 5.41) is 9.42. The lowest BCUT2D eigenvalue weighted by Crippen LogP contribution is -2.47. The standard InChI is InChI=1S/C26H30ClN5O3/c1-3-19(2)32(26(34)23-10-6-17-35-23)18-25(33)31-14-7-13-30(15-16-31)24-12-11-22(28-29-24)20-8-4-5-9-21(20)27/h4-6,8-12,17,19H,3,7,13-16,18H2,1-2H3/t19-/m1/s1. The molecular weight excluding hydrogens is 466 g/mol. The highest BCUT2D eigenvalue weighted by Gasteiger charge is 2.28. The van der Waals surface area contributed by atoms with E-state index in [2.05, 4.69) is 15.1 Å². The minimum Gasteiger partial charge on any atom is -0.459 e. The zero-order chi connectivity index (χ0) is 24.8. The van der Waals surface area contributed by atoms with Crippen LogP contribution in [0.2, 0.25) is 5.02 Å². The molecule has 0 radical (unpaired) electrons. The SMILES string of the molecule is CC[C@@H](C)N(CC(=O)N1CCCN(c2ccc(-c3ccccc3Cl)nn2)CC1)C(=O)c1ccco1. The summed E-state index contributed by atoms with van der Waals surface area (Å²) in [6.07, 6.45) is 3.02. The molecule has 184 valence electrons. The number of furan rings is 1. The van der Waals surface area contributed by atoms with Gasteiger partial charge in [-0.05, 0) is 50.1 Å². The third-order valence-corrected chi connectivity index (χ3v) is 6.72. The summed E-state index contributed by atoms with van der Waals surface area (Å²) < 4.78 is 5.28. The molecular formula is C26H30ClN5O3. The molecule has 1 aliphatic heterocycles. The van der Waals surface area contributed by atoms with E-state index >= 15 is 0 Å². The van der Waals surface area contributed by atoms with Crippen molar-refractivity contribution in [2.24, 2.45) is 0 Å². The molecule has 1 saturated heterocycles. The van der Waals surface area contributed by atoms with Crippen LogP contribution in [0, 0.1) is 0 Å². The van der Waals surface area contributed by atoms with Gasteiger partial charge < -0.3 is 19.1 Å². The molecule has 0 unspecified atom stereocenters. The number of carbonyl (C=O) groups is 2. The maximum absolute atomic E-state index is 13.2. The Hall–Kier alpha value is -3.39. The quantitative estimate of drug-likeness (QED) is 0.484. The molecule has 0 N–H and O–H groups in total. The third kappa shape index (κ3) is 5.82. The Morgan fingerprint density at radius 1 is 1.06 bits per heavy atom. The Labute approximate surface area is 210 Å². The first kappa shape index (κ1) is 24.7. The van der Waals surface area contributed by atoms with Gasteiger partial charge in [0.05, 0.1) is 17.0 Å². The van der Waals surface area contributed by atoms with Crippen LogP contribution in [0.1, 0.15) is 37.2 Å². The number of rotatable bonds is 7. The van der Waals surface area contributed by atoms with Crippen LogP contribution >= 0.6 is 11.6 Å². The number of benzene rings is 1. The van der Waals surface area contributed by atoms with Gasteiger partial charge in [0, 0.05) is 37.8 Å². The molecule has 35 heavy (non-hydrogen) atoms. The minimum atomic E-state index is -0.261. The largest absolute Gasteiger partial charge is 0.459 e. The molecule has 0 spiro atoms. The van der Waals surface area contributed by atoms with Crippen LogP contribution in [0.5, 0.6) is 0 Å². The second kappa shape index (κ2) is 11.4. The van der Waals surface area contributed by atoms with Crippen LogP contribution in [0.3, 0.4) is 0 Å². The topological polar surface area (TPSA) is 82.8 Å². The number of halogens is 1. The number of nitrogens with zero attached hydrogens (tertiary/aromatic N) is 5. The van der Waals surface area contributed by atoms with Gasteiger partial charge in [0.2, 0.25) is 5.91 Å². The third-order valence-electron chi connectivity index (χ3n) is 6.39. The summed E-state index contributed by atoms with van der Waals surface area (Å²) in [4.78, 5) is 31.7. The Bertz CT molecular complexity index is 1140. The Kier molecular flexibility index (Phi) is 8.02. The summed E-state index contributed by atoms with van der Waals surface area (Å²) in [7, 11) is 0. The van der Waals surface area contributed by atoms with Crippen LogP contribution in [0.4, 0.5) is 5.82 Å². The lowest BCUT2D eigenvalue weighted by Gasteiger charge is -2.30. The highest BCUT2D eigenvalue weighted by molar-refractivity contribution is 6.33. The average molecular weight is 496 g/mol. The van der Waals surface area contributed by atoms with Gasteiger partial charge in [-0.15, -0.1) is 10.2 Å². The van der Waals surface area contributed by atoms with Crippen LogP contribution in [0.25, 0.3) is 11.3 Å². The van der Waals surface area contributed by atoms with E-state index < -0.39 is 0 Å². The molecule has 3 aromatic rings. The fourth-order valence-corrected chi connectivity index (χ4v) is 4.37. The fraction of sp³-hybridized carbons (Fsp3) is 0.385. The summed E-state index contributed by atoms with van der Waals surface area (Å²) in [6, 6.07) is 14.6. The molecule has 0 aliphatic carbocycles. The minimum absolute atomic E-state index is 0.0286. The molecule has 9 heteroatoms. The summed E-state index contributed by atoms with van der Waals surface area (Å²) >= 11 is 6.28. The van der Waals surface area contributed by atoms with E-state index in [-0.39, 0.29) is 30.2 Å². The zero-order valence-electron chi connectivity index (χ0n) is 20.1. The molecule has 1 atom stereocenters. The predicted molar refractivity (Wildman–Crippen MR) is 135 cm³/mol. The lowest BCUT2D eigenvalue weighted by molar-refractivity contribution is -0.132. The Morgan fingerprint density at radius 2 is 1.89 bits per heavy atom. The van der Waals surface area contributed by atoms with Gasteiger partial charge in [0.15, 0.2) is 11.6 Å². The molecule has 0 bridgehead atoms. The highest BCUT2D eigenvalue weighted by Crippen LogP contribution is 2.26. The molecule has 2 aromatic heterocycles. The van der Waals surface area contributed by atoms with E-state index in [1.54, 1.807) is 17.0 Å². The number of hydrogen-bond donors (Lipinski definition) is 0. The number of carbonyl (C=O) groups excluding carboxylic acids is 2. The van der Waals surface area contributed by atoms with Crippen LogP contribution < -0.4 is 4.90 Å². The number of amides is 2. The van der Waals surface area contributed by atoms with Gasteiger partial charge in [0.25, 0.3) is 5.91 Å².